The number of rotatable bonds is 16. The van der Waals surface area contributed by atoms with Gasteiger partial charge in [0.25, 0.3) is 0 Å². The number of hydrogen-bond acceptors (Lipinski definition) is 2. The Morgan fingerprint density at radius 2 is 0.762 bits per heavy atom. The Kier molecular flexibility index (Phi) is 14.8. The molecule has 21 heavy (non-hydrogen) atoms. The summed E-state index contributed by atoms with van der Waals surface area (Å²) in [6, 6.07) is 0. The normalized spacial score (nSPS) is 12.0. The van der Waals surface area contributed by atoms with E-state index < -0.39 is 5.79 Å². The lowest BCUT2D eigenvalue weighted by Gasteiger charge is -2.21. The van der Waals surface area contributed by atoms with Gasteiger partial charge in [0.1, 0.15) is 0 Å². The van der Waals surface area contributed by atoms with Crippen LogP contribution in [-0.2, 0) is 0 Å². The molecule has 0 saturated carbocycles. The lowest BCUT2D eigenvalue weighted by atomic mass is 10.00. The maximum absolute atomic E-state index is 9.84. The van der Waals surface area contributed by atoms with Crippen molar-refractivity contribution in [3.63, 3.8) is 0 Å². The molecule has 0 bridgehead atoms. The van der Waals surface area contributed by atoms with Crippen molar-refractivity contribution in [2.24, 2.45) is 0 Å². The molecule has 0 unspecified atom stereocenters. The van der Waals surface area contributed by atoms with Gasteiger partial charge in [-0.3, -0.25) is 0 Å². The van der Waals surface area contributed by atoms with E-state index >= 15 is 0 Å². The van der Waals surface area contributed by atoms with Gasteiger partial charge < -0.3 is 10.2 Å². The maximum Gasteiger partial charge on any atom is 0.162 e. The molecule has 0 aromatic carbocycles. The molecule has 2 N–H and O–H groups in total. The Morgan fingerprint density at radius 3 is 1.19 bits per heavy atom. The Hall–Kier alpha value is -0.0800. The van der Waals surface area contributed by atoms with Crippen molar-refractivity contribution in [2.45, 2.75) is 122 Å². The Morgan fingerprint density at radius 1 is 0.476 bits per heavy atom. The fraction of sp³-hybridized carbons (Fsp3) is 1.00. The summed E-state index contributed by atoms with van der Waals surface area (Å²) < 4.78 is 0. The minimum Gasteiger partial charge on any atom is -0.366 e. The first-order valence-corrected chi connectivity index (χ1v) is 9.57. The monoisotopic (exact) mass is 300 g/mol. The third-order valence-corrected chi connectivity index (χ3v) is 4.36. The van der Waals surface area contributed by atoms with Crippen molar-refractivity contribution in [1.29, 1.82) is 0 Å². The van der Waals surface area contributed by atoms with E-state index in [1.165, 1.54) is 57.8 Å². The summed E-state index contributed by atoms with van der Waals surface area (Å²) in [7, 11) is 0. The molecule has 0 aliphatic heterocycles. The Balaban J connectivity index is 3.23. The topological polar surface area (TPSA) is 40.5 Å². The standard InChI is InChI=1S/C19H40O2/c1-3-5-7-8-9-10-11-12-13-14-16-18-19(20,21)17-15-6-4-2/h20-21H,3-18H2,1-2H3. The van der Waals surface area contributed by atoms with Gasteiger partial charge in [-0.15, -0.1) is 0 Å². The first-order chi connectivity index (χ1) is 10.1. The molecule has 0 fully saturated rings. The van der Waals surface area contributed by atoms with Crippen molar-refractivity contribution in [3.05, 3.63) is 0 Å². The summed E-state index contributed by atoms with van der Waals surface area (Å²) in [6.07, 6.45) is 18.6. The van der Waals surface area contributed by atoms with Gasteiger partial charge >= 0.3 is 0 Å². The molecule has 0 atom stereocenters. The van der Waals surface area contributed by atoms with E-state index in [0.29, 0.717) is 12.8 Å². The van der Waals surface area contributed by atoms with Crippen molar-refractivity contribution in [3.8, 4) is 0 Å². The van der Waals surface area contributed by atoms with Crippen LogP contribution in [0, 0.1) is 0 Å². The molecule has 128 valence electrons. The predicted octanol–water partition coefficient (Wildman–Crippen LogP) is 5.95. The average molecular weight is 301 g/mol. The second-order valence-electron chi connectivity index (χ2n) is 6.73. The first-order valence-electron chi connectivity index (χ1n) is 9.57. The van der Waals surface area contributed by atoms with Crippen LogP contribution in [0.5, 0.6) is 0 Å². The highest BCUT2D eigenvalue weighted by atomic mass is 16.5. The molecule has 2 nitrogen and oxygen atoms in total. The van der Waals surface area contributed by atoms with Crippen molar-refractivity contribution in [2.75, 3.05) is 0 Å². The summed E-state index contributed by atoms with van der Waals surface area (Å²) in [5.41, 5.74) is 0. The lowest BCUT2D eigenvalue weighted by molar-refractivity contribution is -0.172. The SMILES string of the molecule is CCCCCCCCCCCCCC(O)(O)CCCCC. The fourth-order valence-electron chi connectivity index (χ4n) is 2.86. The molecule has 0 aliphatic carbocycles. The highest BCUT2D eigenvalue weighted by Crippen LogP contribution is 2.20. The number of aliphatic hydroxyl groups is 2. The molecule has 0 aromatic rings. The van der Waals surface area contributed by atoms with Gasteiger partial charge in [0.05, 0.1) is 0 Å². The van der Waals surface area contributed by atoms with E-state index in [-0.39, 0.29) is 0 Å². The highest BCUT2D eigenvalue weighted by molar-refractivity contribution is 4.64. The van der Waals surface area contributed by atoms with Crippen LogP contribution in [0.2, 0.25) is 0 Å². The van der Waals surface area contributed by atoms with Crippen LogP contribution >= 0.6 is 0 Å². The Labute approximate surface area is 133 Å². The smallest absolute Gasteiger partial charge is 0.162 e. The molecule has 2 heteroatoms. The van der Waals surface area contributed by atoms with Gasteiger partial charge in [0.15, 0.2) is 5.79 Å². The molecule has 0 rings (SSSR count). The van der Waals surface area contributed by atoms with Crippen molar-refractivity contribution < 1.29 is 10.2 Å². The molecule has 0 aliphatic rings. The average Bonchev–Trinajstić information content (AvgIpc) is 2.45. The predicted molar refractivity (Wildman–Crippen MR) is 92.4 cm³/mol. The largest absolute Gasteiger partial charge is 0.366 e. The van der Waals surface area contributed by atoms with Crippen LogP contribution in [0.4, 0.5) is 0 Å². The first kappa shape index (κ1) is 20.9. The van der Waals surface area contributed by atoms with Crippen LogP contribution in [0.1, 0.15) is 117 Å². The Bertz CT molecular complexity index is 202. The van der Waals surface area contributed by atoms with E-state index in [0.717, 1.165) is 32.1 Å². The van der Waals surface area contributed by atoms with Gasteiger partial charge in [0, 0.05) is 12.8 Å². The van der Waals surface area contributed by atoms with Crippen LogP contribution in [0.25, 0.3) is 0 Å². The summed E-state index contributed by atoms with van der Waals surface area (Å²) in [4.78, 5) is 0. The maximum atomic E-state index is 9.84. The third kappa shape index (κ3) is 16.1. The molecule has 0 radical (unpaired) electrons. The minimum absolute atomic E-state index is 0.540. The van der Waals surface area contributed by atoms with E-state index in [9.17, 15) is 10.2 Å². The van der Waals surface area contributed by atoms with E-state index in [2.05, 4.69) is 13.8 Å². The van der Waals surface area contributed by atoms with Gasteiger partial charge in [-0.2, -0.15) is 0 Å². The minimum atomic E-state index is -1.41. The van der Waals surface area contributed by atoms with E-state index in [1.807, 2.05) is 0 Å². The summed E-state index contributed by atoms with van der Waals surface area (Å²) in [6.45, 7) is 4.40. The molecule has 0 aromatic heterocycles. The van der Waals surface area contributed by atoms with Crippen LogP contribution in [-0.4, -0.2) is 16.0 Å². The summed E-state index contributed by atoms with van der Waals surface area (Å²) in [5, 5.41) is 19.7. The molecule has 0 amide bonds. The zero-order chi connectivity index (χ0) is 15.8. The fourth-order valence-corrected chi connectivity index (χ4v) is 2.86. The molecular weight excluding hydrogens is 260 g/mol. The van der Waals surface area contributed by atoms with Crippen LogP contribution in [0.15, 0.2) is 0 Å². The molecule has 0 saturated heterocycles. The molecule has 0 spiro atoms. The van der Waals surface area contributed by atoms with Gasteiger partial charge in [-0.1, -0.05) is 90.9 Å². The van der Waals surface area contributed by atoms with E-state index in [4.69, 9.17) is 0 Å². The second kappa shape index (κ2) is 14.8. The van der Waals surface area contributed by atoms with Gasteiger partial charge in [0.2, 0.25) is 0 Å². The lowest BCUT2D eigenvalue weighted by Crippen LogP contribution is -2.27. The zero-order valence-corrected chi connectivity index (χ0v) is 14.7. The summed E-state index contributed by atoms with van der Waals surface area (Å²) in [5.74, 6) is -1.41. The number of unbranched alkanes of at least 4 members (excludes halogenated alkanes) is 12. The quantitative estimate of drug-likeness (QED) is 0.273. The van der Waals surface area contributed by atoms with Crippen molar-refractivity contribution in [1.82, 2.24) is 0 Å². The highest BCUT2D eigenvalue weighted by Gasteiger charge is 2.20. The van der Waals surface area contributed by atoms with Crippen molar-refractivity contribution >= 4 is 0 Å². The third-order valence-electron chi connectivity index (χ3n) is 4.36. The van der Waals surface area contributed by atoms with Gasteiger partial charge in [-0.05, 0) is 12.8 Å². The van der Waals surface area contributed by atoms with E-state index in [1.54, 1.807) is 0 Å². The van der Waals surface area contributed by atoms with Crippen LogP contribution in [0.3, 0.4) is 0 Å². The molecule has 0 heterocycles. The molecular formula is C19H40O2. The zero-order valence-electron chi connectivity index (χ0n) is 14.7. The number of hydrogen-bond donors (Lipinski definition) is 2. The second-order valence-corrected chi connectivity index (χ2v) is 6.73. The van der Waals surface area contributed by atoms with Gasteiger partial charge in [-0.25, -0.2) is 0 Å². The van der Waals surface area contributed by atoms with Crippen LogP contribution < -0.4 is 0 Å². The summed E-state index contributed by atoms with van der Waals surface area (Å²) >= 11 is 0.